The fourth-order valence-corrected chi connectivity index (χ4v) is 1.57. The van der Waals surface area contributed by atoms with Gasteiger partial charge in [-0.25, -0.2) is 0 Å². The monoisotopic (exact) mass is 231 g/mol. The Morgan fingerprint density at radius 3 is 2.76 bits per heavy atom. The first kappa shape index (κ1) is 11.5. The molecule has 1 aromatic carbocycles. The van der Waals surface area contributed by atoms with Gasteiger partial charge in [-0.05, 0) is 19.9 Å². The molecular formula is C13H17N3O. The molecule has 1 heterocycles. The van der Waals surface area contributed by atoms with Crippen molar-refractivity contribution in [3.63, 3.8) is 0 Å². The van der Waals surface area contributed by atoms with E-state index in [2.05, 4.69) is 24.3 Å². The molecule has 2 aromatic rings. The number of aromatic nitrogens is 2. The molecule has 0 aliphatic heterocycles. The standard InChI is InChI=1S/C13H17N3O/c1-10(2)16-9-12(8-15-16)14-7-11-5-3-4-6-13(11)17/h3-6,8-10,14,17H,7H2,1-2H3. The van der Waals surface area contributed by atoms with Gasteiger partial charge in [0.1, 0.15) is 5.75 Å². The van der Waals surface area contributed by atoms with Crippen molar-refractivity contribution in [1.29, 1.82) is 0 Å². The summed E-state index contributed by atoms with van der Waals surface area (Å²) in [5.74, 6) is 0.316. The second kappa shape index (κ2) is 4.91. The van der Waals surface area contributed by atoms with Gasteiger partial charge >= 0.3 is 0 Å². The number of rotatable bonds is 4. The average molecular weight is 231 g/mol. The van der Waals surface area contributed by atoms with Crippen LogP contribution in [0, 0.1) is 0 Å². The van der Waals surface area contributed by atoms with Crippen LogP contribution in [-0.2, 0) is 6.54 Å². The molecule has 0 spiro atoms. The molecule has 0 atom stereocenters. The lowest BCUT2D eigenvalue weighted by Gasteiger charge is -2.06. The number of aromatic hydroxyl groups is 1. The van der Waals surface area contributed by atoms with Crippen LogP contribution in [0.25, 0.3) is 0 Å². The summed E-state index contributed by atoms with van der Waals surface area (Å²) in [6, 6.07) is 7.67. The van der Waals surface area contributed by atoms with Crippen LogP contribution in [0.4, 0.5) is 5.69 Å². The molecule has 90 valence electrons. The van der Waals surface area contributed by atoms with Gasteiger partial charge in [0.15, 0.2) is 0 Å². The highest BCUT2D eigenvalue weighted by atomic mass is 16.3. The average Bonchev–Trinajstić information content (AvgIpc) is 2.77. The van der Waals surface area contributed by atoms with Crippen molar-refractivity contribution < 1.29 is 5.11 Å². The summed E-state index contributed by atoms with van der Waals surface area (Å²) in [7, 11) is 0. The van der Waals surface area contributed by atoms with Crippen LogP contribution < -0.4 is 5.32 Å². The molecule has 17 heavy (non-hydrogen) atoms. The Kier molecular flexibility index (Phi) is 3.32. The van der Waals surface area contributed by atoms with E-state index in [-0.39, 0.29) is 0 Å². The van der Waals surface area contributed by atoms with Gasteiger partial charge in [0.2, 0.25) is 0 Å². The van der Waals surface area contributed by atoms with Crippen LogP contribution in [0.2, 0.25) is 0 Å². The van der Waals surface area contributed by atoms with Gasteiger partial charge in [-0.1, -0.05) is 18.2 Å². The number of benzene rings is 1. The van der Waals surface area contributed by atoms with Crippen molar-refractivity contribution in [3.8, 4) is 5.75 Å². The van der Waals surface area contributed by atoms with Gasteiger partial charge in [-0.3, -0.25) is 4.68 Å². The third-order valence-electron chi connectivity index (χ3n) is 2.61. The maximum Gasteiger partial charge on any atom is 0.120 e. The number of phenolic OH excluding ortho intramolecular Hbond substituents is 1. The Bertz CT molecular complexity index is 491. The first-order valence-corrected chi connectivity index (χ1v) is 5.71. The van der Waals surface area contributed by atoms with Gasteiger partial charge in [-0.2, -0.15) is 5.10 Å². The number of hydrogen-bond donors (Lipinski definition) is 2. The molecule has 4 heteroatoms. The Labute approximate surface area is 101 Å². The van der Waals surface area contributed by atoms with Crippen LogP contribution in [-0.4, -0.2) is 14.9 Å². The van der Waals surface area contributed by atoms with Gasteiger partial charge in [0.25, 0.3) is 0 Å². The van der Waals surface area contributed by atoms with Crippen molar-refractivity contribution in [2.75, 3.05) is 5.32 Å². The minimum absolute atomic E-state index is 0.316. The van der Waals surface area contributed by atoms with Crippen molar-refractivity contribution >= 4 is 5.69 Å². The lowest BCUT2D eigenvalue weighted by Crippen LogP contribution is -2.01. The van der Waals surface area contributed by atoms with Crippen molar-refractivity contribution in [3.05, 3.63) is 42.2 Å². The molecule has 4 nitrogen and oxygen atoms in total. The molecule has 0 saturated heterocycles. The summed E-state index contributed by atoms with van der Waals surface area (Å²) >= 11 is 0. The quantitative estimate of drug-likeness (QED) is 0.850. The van der Waals surface area contributed by atoms with Crippen LogP contribution in [0.3, 0.4) is 0 Å². The summed E-state index contributed by atoms with van der Waals surface area (Å²) in [4.78, 5) is 0. The second-order valence-corrected chi connectivity index (χ2v) is 4.29. The zero-order valence-electron chi connectivity index (χ0n) is 10.1. The highest BCUT2D eigenvalue weighted by Gasteiger charge is 2.03. The molecule has 0 bridgehead atoms. The largest absolute Gasteiger partial charge is 0.508 e. The lowest BCUT2D eigenvalue weighted by atomic mass is 10.2. The Hall–Kier alpha value is -1.97. The van der Waals surface area contributed by atoms with E-state index >= 15 is 0 Å². The molecule has 0 aliphatic carbocycles. The summed E-state index contributed by atoms with van der Waals surface area (Å²) in [6.45, 7) is 4.76. The normalized spacial score (nSPS) is 10.8. The van der Waals surface area contributed by atoms with Crippen LogP contribution in [0.15, 0.2) is 36.7 Å². The SMILES string of the molecule is CC(C)n1cc(NCc2ccccc2O)cn1. The predicted octanol–water partition coefficient (Wildman–Crippen LogP) is 2.78. The lowest BCUT2D eigenvalue weighted by molar-refractivity contribution is 0.469. The van der Waals surface area contributed by atoms with Gasteiger partial charge < -0.3 is 10.4 Å². The van der Waals surface area contributed by atoms with E-state index in [0.29, 0.717) is 18.3 Å². The topological polar surface area (TPSA) is 50.1 Å². The Balaban J connectivity index is 2.00. The summed E-state index contributed by atoms with van der Waals surface area (Å²) in [5, 5.41) is 17.1. The molecule has 0 aliphatic rings. The second-order valence-electron chi connectivity index (χ2n) is 4.29. The minimum Gasteiger partial charge on any atom is -0.508 e. The first-order valence-electron chi connectivity index (χ1n) is 5.71. The Morgan fingerprint density at radius 1 is 1.35 bits per heavy atom. The van der Waals surface area contributed by atoms with Crippen molar-refractivity contribution in [1.82, 2.24) is 9.78 Å². The van der Waals surface area contributed by atoms with E-state index < -0.39 is 0 Å². The molecule has 1 aromatic heterocycles. The third kappa shape index (κ3) is 2.78. The maximum atomic E-state index is 9.62. The maximum absolute atomic E-state index is 9.62. The number of nitrogens with zero attached hydrogens (tertiary/aromatic N) is 2. The number of anilines is 1. The zero-order valence-corrected chi connectivity index (χ0v) is 10.1. The summed E-state index contributed by atoms with van der Waals surface area (Å²) in [5.41, 5.74) is 1.84. The van der Waals surface area contributed by atoms with Gasteiger partial charge in [-0.15, -0.1) is 0 Å². The summed E-state index contributed by atoms with van der Waals surface area (Å²) < 4.78 is 1.90. The fourth-order valence-electron chi connectivity index (χ4n) is 1.57. The van der Waals surface area contributed by atoms with Crippen LogP contribution >= 0.6 is 0 Å². The highest BCUT2D eigenvalue weighted by molar-refractivity contribution is 5.41. The van der Waals surface area contributed by atoms with E-state index in [1.807, 2.05) is 29.1 Å². The van der Waals surface area contributed by atoms with Crippen molar-refractivity contribution in [2.24, 2.45) is 0 Å². The molecular weight excluding hydrogens is 214 g/mol. The highest BCUT2D eigenvalue weighted by Crippen LogP contribution is 2.17. The van der Waals surface area contributed by atoms with E-state index in [1.165, 1.54) is 0 Å². The molecule has 0 unspecified atom stereocenters. The number of para-hydroxylation sites is 1. The van der Waals surface area contributed by atoms with Crippen molar-refractivity contribution in [2.45, 2.75) is 26.4 Å². The van der Waals surface area contributed by atoms with Gasteiger partial charge in [0.05, 0.1) is 11.9 Å². The van der Waals surface area contributed by atoms with Crippen LogP contribution in [0.5, 0.6) is 5.75 Å². The molecule has 2 rings (SSSR count). The summed E-state index contributed by atoms with van der Waals surface area (Å²) in [6.07, 6.45) is 3.75. The van der Waals surface area contributed by atoms with E-state index in [9.17, 15) is 5.11 Å². The van der Waals surface area contributed by atoms with Gasteiger partial charge in [0, 0.05) is 24.3 Å². The molecule has 0 amide bonds. The zero-order chi connectivity index (χ0) is 12.3. The van der Waals surface area contributed by atoms with Crippen LogP contribution in [0.1, 0.15) is 25.5 Å². The smallest absolute Gasteiger partial charge is 0.120 e. The number of hydrogen-bond acceptors (Lipinski definition) is 3. The van der Waals surface area contributed by atoms with E-state index in [4.69, 9.17) is 0 Å². The van der Waals surface area contributed by atoms with E-state index in [0.717, 1.165) is 11.3 Å². The third-order valence-corrected chi connectivity index (χ3v) is 2.61. The fraction of sp³-hybridized carbons (Fsp3) is 0.308. The number of phenols is 1. The van der Waals surface area contributed by atoms with E-state index in [1.54, 1.807) is 12.3 Å². The Morgan fingerprint density at radius 2 is 2.12 bits per heavy atom. The molecule has 0 radical (unpaired) electrons. The first-order chi connectivity index (χ1) is 8.16. The molecule has 0 fully saturated rings. The predicted molar refractivity (Wildman–Crippen MR) is 68.0 cm³/mol. The molecule has 2 N–H and O–H groups in total. The number of nitrogens with one attached hydrogen (secondary N) is 1. The minimum atomic E-state index is 0.316. The molecule has 0 saturated carbocycles.